The fourth-order valence-corrected chi connectivity index (χ4v) is 3.37. The predicted octanol–water partition coefficient (Wildman–Crippen LogP) is 2.06. The second-order valence-corrected chi connectivity index (χ2v) is 7.27. The van der Waals surface area contributed by atoms with Crippen LogP contribution < -0.4 is 0 Å². The van der Waals surface area contributed by atoms with Crippen molar-refractivity contribution in [2.75, 3.05) is 13.2 Å². The van der Waals surface area contributed by atoms with Crippen molar-refractivity contribution >= 4 is 11.9 Å². The van der Waals surface area contributed by atoms with E-state index in [1.54, 1.807) is 23.2 Å². The molecule has 1 fully saturated rings. The number of carboxylic acid groups (broad SMARTS) is 1. The molecule has 1 amide bonds. The van der Waals surface area contributed by atoms with Crippen molar-refractivity contribution in [1.82, 2.24) is 24.9 Å². The number of benzene rings is 1. The van der Waals surface area contributed by atoms with E-state index < -0.39 is 5.97 Å². The minimum absolute atomic E-state index is 0.0314. The van der Waals surface area contributed by atoms with Crippen molar-refractivity contribution in [3.8, 4) is 5.69 Å². The normalized spacial score (nSPS) is 15.7. The zero-order chi connectivity index (χ0) is 21.8. The van der Waals surface area contributed by atoms with Crippen LogP contribution in [0.5, 0.6) is 0 Å². The molecule has 0 bridgehead atoms. The summed E-state index contributed by atoms with van der Waals surface area (Å²) in [6.45, 7) is 1.40. The first kappa shape index (κ1) is 20.6. The Morgan fingerprint density at radius 1 is 1.23 bits per heavy atom. The monoisotopic (exact) mass is 425 g/mol. The summed E-state index contributed by atoms with van der Waals surface area (Å²) < 4.78 is 20.0. The second kappa shape index (κ2) is 9.00. The standard InChI is InChI=1S/C21H20FN5O4/c22-17-3-1-14(2-4-17)10-26(20(28)15-5-6-31-13-15)11-18-12-27(25-24-18)19-7-16(21(29)30)8-23-9-19/h1-4,7-9,12,15H,5-6,10-11,13H2,(H,29,30). The molecule has 3 heterocycles. The Morgan fingerprint density at radius 2 is 2.03 bits per heavy atom. The SMILES string of the molecule is O=C(O)c1cncc(-n2cc(CN(Cc3ccc(F)cc3)C(=O)C3CCOC3)nn2)c1. The van der Waals surface area contributed by atoms with E-state index in [1.807, 2.05) is 0 Å². The second-order valence-electron chi connectivity index (χ2n) is 7.27. The van der Waals surface area contributed by atoms with E-state index in [4.69, 9.17) is 9.84 Å². The Morgan fingerprint density at radius 3 is 2.74 bits per heavy atom. The summed E-state index contributed by atoms with van der Waals surface area (Å²) in [5, 5.41) is 17.3. The van der Waals surface area contributed by atoms with Gasteiger partial charge in [0.25, 0.3) is 0 Å². The molecule has 1 aliphatic heterocycles. The van der Waals surface area contributed by atoms with Crippen LogP contribution in [0.25, 0.3) is 5.69 Å². The number of carbonyl (C=O) groups excluding carboxylic acids is 1. The Bertz CT molecular complexity index is 1080. The number of rotatable bonds is 7. The number of carbonyl (C=O) groups is 2. The third-order valence-electron chi connectivity index (χ3n) is 5.01. The van der Waals surface area contributed by atoms with Crippen LogP contribution in [-0.2, 0) is 22.6 Å². The summed E-state index contributed by atoms with van der Waals surface area (Å²) in [6.07, 6.45) is 5.00. The first-order chi connectivity index (χ1) is 15.0. The molecule has 0 radical (unpaired) electrons. The van der Waals surface area contributed by atoms with Crippen LogP contribution in [0.2, 0.25) is 0 Å². The molecule has 1 atom stereocenters. The number of carboxylic acids is 1. The van der Waals surface area contributed by atoms with Crippen molar-refractivity contribution < 1.29 is 23.8 Å². The third kappa shape index (κ3) is 4.92. The molecular formula is C21H20FN5O4. The molecule has 1 aliphatic rings. The zero-order valence-corrected chi connectivity index (χ0v) is 16.5. The van der Waals surface area contributed by atoms with Crippen molar-refractivity contribution in [2.24, 2.45) is 5.92 Å². The molecular weight excluding hydrogens is 405 g/mol. The maximum absolute atomic E-state index is 13.3. The molecule has 0 saturated carbocycles. The van der Waals surface area contributed by atoms with Gasteiger partial charge in [0.2, 0.25) is 5.91 Å². The number of halogens is 1. The average molecular weight is 425 g/mol. The smallest absolute Gasteiger partial charge is 0.337 e. The van der Waals surface area contributed by atoms with Crippen LogP contribution in [0.15, 0.2) is 48.9 Å². The molecule has 2 aromatic heterocycles. The molecule has 160 valence electrons. The van der Waals surface area contributed by atoms with Gasteiger partial charge in [-0.15, -0.1) is 5.10 Å². The topological polar surface area (TPSA) is 110 Å². The average Bonchev–Trinajstić information content (AvgIpc) is 3.47. The van der Waals surface area contributed by atoms with E-state index >= 15 is 0 Å². The fourth-order valence-electron chi connectivity index (χ4n) is 3.37. The zero-order valence-electron chi connectivity index (χ0n) is 16.5. The number of pyridine rings is 1. The predicted molar refractivity (Wildman–Crippen MR) is 106 cm³/mol. The summed E-state index contributed by atoms with van der Waals surface area (Å²) in [6, 6.07) is 7.43. The molecule has 31 heavy (non-hydrogen) atoms. The number of amides is 1. The quantitative estimate of drug-likeness (QED) is 0.617. The van der Waals surface area contributed by atoms with Crippen molar-refractivity contribution in [2.45, 2.75) is 19.5 Å². The minimum Gasteiger partial charge on any atom is -0.478 e. The first-order valence-electron chi connectivity index (χ1n) is 9.70. The Labute approximate surface area is 177 Å². The van der Waals surface area contributed by atoms with Crippen LogP contribution >= 0.6 is 0 Å². The van der Waals surface area contributed by atoms with Gasteiger partial charge in [-0.05, 0) is 30.2 Å². The highest BCUT2D eigenvalue weighted by molar-refractivity contribution is 5.87. The van der Waals surface area contributed by atoms with Gasteiger partial charge in [0.1, 0.15) is 11.5 Å². The van der Waals surface area contributed by atoms with Crippen LogP contribution in [0.1, 0.15) is 28.0 Å². The molecule has 1 N–H and O–H groups in total. The summed E-state index contributed by atoms with van der Waals surface area (Å²) >= 11 is 0. The first-order valence-corrected chi connectivity index (χ1v) is 9.70. The van der Waals surface area contributed by atoms with E-state index in [2.05, 4.69) is 15.3 Å². The highest BCUT2D eigenvalue weighted by Crippen LogP contribution is 2.20. The van der Waals surface area contributed by atoms with Gasteiger partial charge in [-0.1, -0.05) is 17.3 Å². The molecule has 0 spiro atoms. The van der Waals surface area contributed by atoms with Crippen LogP contribution in [0.4, 0.5) is 4.39 Å². The van der Waals surface area contributed by atoms with Gasteiger partial charge in [-0.2, -0.15) is 0 Å². The maximum atomic E-state index is 13.3. The van der Waals surface area contributed by atoms with Gasteiger partial charge in [-0.25, -0.2) is 13.9 Å². The summed E-state index contributed by atoms with van der Waals surface area (Å²) in [4.78, 5) is 29.8. The minimum atomic E-state index is -1.09. The molecule has 0 aliphatic carbocycles. The van der Waals surface area contributed by atoms with Gasteiger partial charge in [0.15, 0.2) is 0 Å². The van der Waals surface area contributed by atoms with Gasteiger partial charge in [0, 0.05) is 19.3 Å². The van der Waals surface area contributed by atoms with Gasteiger partial charge < -0.3 is 14.7 Å². The fraction of sp³-hybridized carbons (Fsp3) is 0.286. The maximum Gasteiger partial charge on any atom is 0.337 e. The van der Waals surface area contributed by atoms with E-state index in [0.29, 0.717) is 37.6 Å². The van der Waals surface area contributed by atoms with E-state index in [-0.39, 0.29) is 29.8 Å². The van der Waals surface area contributed by atoms with Gasteiger partial charge in [0.05, 0.1) is 42.7 Å². The van der Waals surface area contributed by atoms with Crippen LogP contribution in [0.3, 0.4) is 0 Å². The Hall–Kier alpha value is -3.66. The molecule has 3 aromatic rings. The largest absolute Gasteiger partial charge is 0.478 e. The number of ether oxygens (including phenoxy) is 1. The number of aromatic carboxylic acids is 1. The van der Waals surface area contributed by atoms with E-state index in [9.17, 15) is 14.0 Å². The molecule has 4 rings (SSSR count). The summed E-state index contributed by atoms with van der Waals surface area (Å²) in [7, 11) is 0. The van der Waals surface area contributed by atoms with E-state index in [1.165, 1.54) is 35.3 Å². The highest BCUT2D eigenvalue weighted by Gasteiger charge is 2.28. The van der Waals surface area contributed by atoms with Crippen LogP contribution in [0, 0.1) is 11.7 Å². The lowest BCUT2D eigenvalue weighted by molar-refractivity contribution is -0.136. The third-order valence-corrected chi connectivity index (χ3v) is 5.01. The van der Waals surface area contributed by atoms with Crippen molar-refractivity contribution in [3.63, 3.8) is 0 Å². The van der Waals surface area contributed by atoms with Crippen molar-refractivity contribution in [1.29, 1.82) is 0 Å². The lowest BCUT2D eigenvalue weighted by Gasteiger charge is -2.24. The van der Waals surface area contributed by atoms with Gasteiger partial charge >= 0.3 is 5.97 Å². The number of hydrogen-bond acceptors (Lipinski definition) is 6. The molecule has 10 heteroatoms. The molecule has 1 unspecified atom stereocenters. The lowest BCUT2D eigenvalue weighted by atomic mass is 10.1. The number of aromatic nitrogens is 4. The van der Waals surface area contributed by atoms with Crippen molar-refractivity contribution in [3.05, 3.63) is 71.6 Å². The lowest BCUT2D eigenvalue weighted by Crippen LogP contribution is -2.35. The number of hydrogen-bond donors (Lipinski definition) is 1. The number of nitrogens with zero attached hydrogens (tertiary/aromatic N) is 5. The molecule has 1 saturated heterocycles. The Balaban J connectivity index is 1.55. The Kier molecular flexibility index (Phi) is 5.99. The summed E-state index contributed by atoms with van der Waals surface area (Å²) in [5.74, 6) is -1.73. The van der Waals surface area contributed by atoms with Gasteiger partial charge in [-0.3, -0.25) is 9.78 Å². The van der Waals surface area contributed by atoms with E-state index in [0.717, 1.165) is 5.56 Å². The molecule has 9 nitrogen and oxygen atoms in total. The highest BCUT2D eigenvalue weighted by atomic mass is 19.1. The van der Waals surface area contributed by atoms with Crippen LogP contribution in [-0.4, -0.2) is 55.1 Å². The molecule has 1 aromatic carbocycles. The summed E-state index contributed by atoms with van der Waals surface area (Å²) in [5.41, 5.74) is 1.79.